The lowest BCUT2D eigenvalue weighted by atomic mass is 9.97. The van der Waals surface area contributed by atoms with E-state index >= 15 is 0 Å². The zero-order valence-electron chi connectivity index (χ0n) is 13.9. The van der Waals surface area contributed by atoms with Crippen molar-refractivity contribution < 1.29 is 0 Å². The molecule has 0 aliphatic carbocycles. The van der Waals surface area contributed by atoms with E-state index in [1.165, 1.54) is 16.7 Å². The highest BCUT2D eigenvalue weighted by molar-refractivity contribution is 5.33. The van der Waals surface area contributed by atoms with E-state index in [1.807, 2.05) is 41.2 Å². The predicted molar refractivity (Wildman–Crippen MR) is 94.0 cm³/mol. The first-order chi connectivity index (χ1) is 11.3. The normalized spacial score (nSPS) is 10.9. The SMILES string of the molecule is CCc1ccc(CC)c(CCc2cn(-c3ccccc3)nn2)c1. The number of rotatable bonds is 6. The fourth-order valence-corrected chi connectivity index (χ4v) is 2.86. The van der Waals surface area contributed by atoms with E-state index in [0.717, 1.165) is 37.1 Å². The third-order valence-electron chi connectivity index (χ3n) is 4.27. The molecule has 0 aliphatic rings. The molecule has 0 saturated heterocycles. The lowest BCUT2D eigenvalue weighted by Crippen LogP contribution is -1.98. The van der Waals surface area contributed by atoms with E-state index < -0.39 is 0 Å². The zero-order chi connectivity index (χ0) is 16.1. The first kappa shape index (κ1) is 15.5. The first-order valence-corrected chi connectivity index (χ1v) is 8.37. The largest absolute Gasteiger partial charge is 0.220 e. The summed E-state index contributed by atoms with van der Waals surface area (Å²) in [5, 5.41) is 8.56. The van der Waals surface area contributed by atoms with Gasteiger partial charge in [0.05, 0.1) is 17.6 Å². The summed E-state index contributed by atoms with van der Waals surface area (Å²) >= 11 is 0. The molecule has 0 N–H and O–H groups in total. The van der Waals surface area contributed by atoms with Crippen LogP contribution in [0.2, 0.25) is 0 Å². The molecular formula is C20H23N3. The van der Waals surface area contributed by atoms with E-state index in [1.54, 1.807) is 0 Å². The van der Waals surface area contributed by atoms with Crippen molar-refractivity contribution in [1.29, 1.82) is 0 Å². The molecule has 0 amide bonds. The van der Waals surface area contributed by atoms with Crippen LogP contribution in [-0.4, -0.2) is 15.0 Å². The molecule has 23 heavy (non-hydrogen) atoms. The molecule has 3 rings (SSSR count). The van der Waals surface area contributed by atoms with Gasteiger partial charge in [-0.15, -0.1) is 5.10 Å². The minimum absolute atomic E-state index is 0.924. The van der Waals surface area contributed by atoms with Crippen LogP contribution in [0.25, 0.3) is 5.69 Å². The lowest BCUT2D eigenvalue weighted by Gasteiger charge is -2.09. The third kappa shape index (κ3) is 3.67. The Kier molecular flexibility index (Phi) is 4.86. The van der Waals surface area contributed by atoms with Gasteiger partial charge < -0.3 is 0 Å². The monoisotopic (exact) mass is 305 g/mol. The average molecular weight is 305 g/mol. The highest BCUT2D eigenvalue weighted by Crippen LogP contribution is 2.16. The number of aromatic nitrogens is 3. The third-order valence-corrected chi connectivity index (χ3v) is 4.27. The fourth-order valence-electron chi connectivity index (χ4n) is 2.86. The summed E-state index contributed by atoms with van der Waals surface area (Å²) in [6.45, 7) is 4.42. The Morgan fingerprint density at radius 2 is 1.70 bits per heavy atom. The minimum Gasteiger partial charge on any atom is -0.220 e. The second-order valence-corrected chi connectivity index (χ2v) is 5.80. The Morgan fingerprint density at radius 3 is 2.43 bits per heavy atom. The van der Waals surface area contributed by atoms with Gasteiger partial charge in [0.2, 0.25) is 0 Å². The van der Waals surface area contributed by atoms with Gasteiger partial charge in [-0.2, -0.15) is 0 Å². The second-order valence-electron chi connectivity index (χ2n) is 5.80. The Labute approximate surface area is 138 Å². The molecule has 0 fully saturated rings. The van der Waals surface area contributed by atoms with Crippen LogP contribution in [0.15, 0.2) is 54.7 Å². The smallest absolute Gasteiger partial charge is 0.0835 e. The number of nitrogens with zero attached hydrogens (tertiary/aromatic N) is 3. The molecule has 0 radical (unpaired) electrons. The van der Waals surface area contributed by atoms with Crippen molar-refractivity contribution in [2.45, 2.75) is 39.5 Å². The van der Waals surface area contributed by atoms with Crippen LogP contribution in [0.5, 0.6) is 0 Å². The molecule has 1 heterocycles. The van der Waals surface area contributed by atoms with Gasteiger partial charge in [0.1, 0.15) is 0 Å². The van der Waals surface area contributed by atoms with Gasteiger partial charge in [0.25, 0.3) is 0 Å². The number of benzene rings is 2. The Balaban J connectivity index is 1.73. The van der Waals surface area contributed by atoms with Gasteiger partial charge in [-0.1, -0.05) is 55.5 Å². The zero-order valence-corrected chi connectivity index (χ0v) is 13.9. The maximum absolute atomic E-state index is 4.32. The number of aryl methyl sites for hydroxylation is 4. The fraction of sp³-hybridized carbons (Fsp3) is 0.300. The van der Waals surface area contributed by atoms with E-state index in [-0.39, 0.29) is 0 Å². The number of hydrogen-bond donors (Lipinski definition) is 0. The molecule has 3 nitrogen and oxygen atoms in total. The molecule has 118 valence electrons. The van der Waals surface area contributed by atoms with Gasteiger partial charge in [0.15, 0.2) is 0 Å². The maximum Gasteiger partial charge on any atom is 0.0835 e. The lowest BCUT2D eigenvalue weighted by molar-refractivity contribution is 0.793. The summed E-state index contributed by atoms with van der Waals surface area (Å²) in [5.41, 5.74) is 6.38. The molecule has 0 saturated carbocycles. The van der Waals surface area contributed by atoms with Crippen LogP contribution in [0.3, 0.4) is 0 Å². The van der Waals surface area contributed by atoms with Gasteiger partial charge in [-0.05, 0) is 54.5 Å². The molecule has 2 aromatic carbocycles. The molecule has 0 aliphatic heterocycles. The summed E-state index contributed by atoms with van der Waals surface area (Å²) in [7, 11) is 0. The Bertz CT molecular complexity index is 760. The standard InChI is InChI=1S/C20H23N3/c1-3-16-10-11-17(4-2)18(14-16)12-13-19-15-23(22-21-19)20-8-6-5-7-9-20/h5-11,14-15H,3-4,12-13H2,1-2H3. The van der Waals surface area contributed by atoms with Crippen molar-refractivity contribution in [2.75, 3.05) is 0 Å². The summed E-state index contributed by atoms with van der Waals surface area (Å²) in [4.78, 5) is 0. The van der Waals surface area contributed by atoms with E-state index in [4.69, 9.17) is 0 Å². The number of para-hydroxylation sites is 1. The highest BCUT2D eigenvalue weighted by atomic mass is 15.4. The summed E-state index contributed by atoms with van der Waals surface area (Å²) in [6, 6.07) is 17.0. The number of hydrogen-bond acceptors (Lipinski definition) is 2. The molecule has 3 aromatic rings. The van der Waals surface area contributed by atoms with Crippen molar-refractivity contribution in [3.05, 3.63) is 77.1 Å². The van der Waals surface area contributed by atoms with E-state index in [9.17, 15) is 0 Å². The second kappa shape index (κ2) is 7.23. The molecule has 0 atom stereocenters. The van der Waals surface area contributed by atoms with Gasteiger partial charge in [-0.25, -0.2) is 4.68 Å². The van der Waals surface area contributed by atoms with Crippen LogP contribution < -0.4 is 0 Å². The van der Waals surface area contributed by atoms with Gasteiger partial charge in [0, 0.05) is 0 Å². The predicted octanol–water partition coefficient (Wildman–Crippen LogP) is 4.18. The van der Waals surface area contributed by atoms with Crippen molar-refractivity contribution in [2.24, 2.45) is 0 Å². The molecule has 0 spiro atoms. The van der Waals surface area contributed by atoms with Crippen molar-refractivity contribution in [1.82, 2.24) is 15.0 Å². The Morgan fingerprint density at radius 1 is 0.870 bits per heavy atom. The highest BCUT2D eigenvalue weighted by Gasteiger charge is 2.06. The quantitative estimate of drug-likeness (QED) is 0.684. The van der Waals surface area contributed by atoms with Gasteiger partial charge >= 0.3 is 0 Å². The van der Waals surface area contributed by atoms with Crippen LogP contribution in [0.4, 0.5) is 0 Å². The summed E-state index contributed by atoms with van der Waals surface area (Å²) in [6.07, 6.45) is 6.14. The average Bonchev–Trinajstić information content (AvgIpc) is 3.09. The minimum atomic E-state index is 0.924. The Hall–Kier alpha value is -2.42. The van der Waals surface area contributed by atoms with Crippen molar-refractivity contribution in [3.8, 4) is 5.69 Å². The van der Waals surface area contributed by atoms with E-state index in [2.05, 4.69) is 42.4 Å². The summed E-state index contributed by atoms with van der Waals surface area (Å²) in [5.74, 6) is 0. The van der Waals surface area contributed by atoms with Crippen LogP contribution in [-0.2, 0) is 25.7 Å². The van der Waals surface area contributed by atoms with Crippen LogP contribution in [0, 0.1) is 0 Å². The van der Waals surface area contributed by atoms with Crippen LogP contribution in [0.1, 0.15) is 36.2 Å². The molecule has 0 bridgehead atoms. The first-order valence-electron chi connectivity index (χ1n) is 8.37. The summed E-state index contributed by atoms with van der Waals surface area (Å²) < 4.78 is 1.85. The molecule has 3 heteroatoms. The van der Waals surface area contributed by atoms with Crippen LogP contribution >= 0.6 is 0 Å². The van der Waals surface area contributed by atoms with Crippen molar-refractivity contribution in [3.63, 3.8) is 0 Å². The van der Waals surface area contributed by atoms with E-state index in [0.29, 0.717) is 0 Å². The molecule has 1 aromatic heterocycles. The molecule has 0 unspecified atom stereocenters. The molecular weight excluding hydrogens is 282 g/mol. The maximum atomic E-state index is 4.32. The van der Waals surface area contributed by atoms with Gasteiger partial charge in [-0.3, -0.25) is 0 Å². The van der Waals surface area contributed by atoms with Crippen molar-refractivity contribution >= 4 is 0 Å². The topological polar surface area (TPSA) is 30.7 Å².